The minimum Gasteiger partial charge on any atom is -0.457 e. The second-order valence-corrected chi connectivity index (χ2v) is 7.68. The van der Waals surface area contributed by atoms with Crippen molar-refractivity contribution in [2.45, 2.75) is 6.61 Å². The summed E-state index contributed by atoms with van der Waals surface area (Å²) in [6, 6.07) is 17.8. The van der Waals surface area contributed by atoms with Gasteiger partial charge < -0.3 is 13.6 Å². The van der Waals surface area contributed by atoms with Gasteiger partial charge >= 0.3 is 5.97 Å². The second kappa shape index (κ2) is 9.77. The average Bonchev–Trinajstić information content (AvgIpc) is 3.46. The maximum Gasteiger partial charge on any atom is 0.331 e. The zero-order valence-corrected chi connectivity index (χ0v) is 18.4. The van der Waals surface area contributed by atoms with Crippen LogP contribution in [0, 0.1) is 10.1 Å². The van der Waals surface area contributed by atoms with E-state index in [0.717, 1.165) is 0 Å². The Bertz CT molecular complexity index is 1340. The summed E-state index contributed by atoms with van der Waals surface area (Å²) in [4.78, 5) is 22.3. The van der Waals surface area contributed by atoms with E-state index in [1.165, 1.54) is 24.3 Å². The molecule has 9 heteroatoms. The van der Waals surface area contributed by atoms with E-state index >= 15 is 0 Å². The zero-order valence-electron chi connectivity index (χ0n) is 16.9. The molecule has 166 valence electrons. The summed E-state index contributed by atoms with van der Waals surface area (Å²) in [5.74, 6) is 1.36. The Morgan fingerprint density at radius 2 is 1.73 bits per heavy atom. The molecule has 4 rings (SSSR count). The normalized spacial score (nSPS) is 11.1. The van der Waals surface area contributed by atoms with E-state index in [1.807, 2.05) is 0 Å². The highest BCUT2D eigenvalue weighted by atomic mass is 35.5. The van der Waals surface area contributed by atoms with Gasteiger partial charge in [0, 0.05) is 34.4 Å². The lowest BCUT2D eigenvalue weighted by atomic mass is 10.1. The molecular weight excluding hydrogens is 469 g/mol. The summed E-state index contributed by atoms with van der Waals surface area (Å²) in [7, 11) is 0. The first kappa shape index (κ1) is 22.4. The summed E-state index contributed by atoms with van der Waals surface area (Å²) in [5.41, 5.74) is 1.35. The van der Waals surface area contributed by atoms with Crippen LogP contribution in [0.1, 0.15) is 11.5 Å². The van der Waals surface area contributed by atoms with Crippen molar-refractivity contribution in [2.75, 3.05) is 0 Å². The van der Waals surface area contributed by atoms with Crippen molar-refractivity contribution >= 4 is 40.9 Å². The molecule has 0 fully saturated rings. The number of benzene rings is 2. The molecular formula is C24H15Cl2NO6. The standard InChI is InChI=1S/C24H15Cl2NO6/c25-16-3-9-20(21(26)13-16)23-11-6-18(32-23)8-12-24(28)31-14-19-7-10-22(33-19)15-1-4-17(5-2-15)27(29)30/h1-13H,14H2/b12-8+. The van der Waals surface area contributed by atoms with Crippen molar-refractivity contribution < 1.29 is 23.3 Å². The third kappa shape index (κ3) is 5.52. The van der Waals surface area contributed by atoms with E-state index in [2.05, 4.69) is 0 Å². The minimum absolute atomic E-state index is 0.00816. The van der Waals surface area contributed by atoms with Crippen molar-refractivity contribution in [3.8, 4) is 22.6 Å². The lowest BCUT2D eigenvalue weighted by Crippen LogP contribution is -1.99. The fraction of sp³-hybridized carbons (Fsp3) is 0.0417. The van der Waals surface area contributed by atoms with Crippen LogP contribution < -0.4 is 0 Å². The van der Waals surface area contributed by atoms with Gasteiger partial charge in [-0.05, 0) is 60.7 Å². The molecule has 2 heterocycles. The molecule has 4 aromatic rings. The van der Waals surface area contributed by atoms with E-state index < -0.39 is 10.9 Å². The van der Waals surface area contributed by atoms with E-state index in [-0.39, 0.29) is 12.3 Å². The Morgan fingerprint density at radius 1 is 0.970 bits per heavy atom. The number of nitrogens with zero attached hydrogens (tertiary/aromatic N) is 1. The molecule has 0 bridgehead atoms. The fourth-order valence-corrected chi connectivity index (χ4v) is 3.48. The van der Waals surface area contributed by atoms with Crippen LogP contribution in [0.4, 0.5) is 5.69 Å². The molecule has 0 radical (unpaired) electrons. The van der Waals surface area contributed by atoms with E-state index in [0.29, 0.717) is 44.2 Å². The monoisotopic (exact) mass is 483 g/mol. The highest BCUT2D eigenvalue weighted by molar-refractivity contribution is 6.36. The molecule has 0 spiro atoms. The van der Waals surface area contributed by atoms with Crippen molar-refractivity contribution in [2.24, 2.45) is 0 Å². The lowest BCUT2D eigenvalue weighted by Gasteiger charge is -2.01. The van der Waals surface area contributed by atoms with Crippen LogP contribution in [0.25, 0.3) is 28.7 Å². The Hall–Kier alpha value is -3.81. The first-order chi connectivity index (χ1) is 15.9. The van der Waals surface area contributed by atoms with Crippen LogP contribution in [-0.2, 0) is 16.1 Å². The van der Waals surface area contributed by atoms with Gasteiger partial charge in [0.1, 0.15) is 29.6 Å². The number of esters is 1. The van der Waals surface area contributed by atoms with Gasteiger partial charge in [0.05, 0.1) is 9.95 Å². The summed E-state index contributed by atoms with van der Waals surface area (Å²) >= 11 is 12.1. The summed E-state index contributed by atoms with van der Waals surface area (Å²) in [5, 5.41) is 11.7. The van der Waals surface area contributed by atoms with Crippen molar-refractivity contribution in [1.82, 2.24) is 0 Å². The fourth-order valence-electron chi connectivity index (χ4n) is 2.98. The number of nitro groups is 1. The van der Waals surface area contributed by atoms with Crippen LogP contribution in [-0.4, -0.2) is 10.9 Å². The van der Waals surface area contributed by atoms with Gasteiger partial charge in [0.2, 0.25) is 0 Å². The van der Waals surface area contributed by atoms with Gasteiger partial charge in [-0.3, -0.25) is 10.1 Å². The van der Waals surface area contributed by atoms with Crippen LogP contribution in [0.15, 0.2) is 81.6 Å². The number of non-ortho nitro benzene ring substituents is 1. The maximum atomic E-state index is 12.0. The first-order valence-electron chi connectivity index (χ1n) is 9.63. The van der Waals surface area contributed by atoms with Gasteiger partial charge in [-0.1, -0.05) is 23.2 Å². The largest absolute Gasteiger partial charge is 0.457 e. The third-order valence-corrected chi connectivity index (χ3v) is 5.14. The predicted octanol–water partition coefficient (Wildman–Crippen LogP) is 7.18. The van der Waals surface area contributed by atoms with Gasteiger partial charge in [-0.25, -0.2) is 4.79 Å². The molecule has 0 N–H and O–H groups in total. The summed E-state index contributed by atoms with van der Waals surface area (Å²) in [6.07, 6.45) is 2.73. The number of hydrogen-bond donors (Lipinski definition) is 0. The molecule has 0 aliphatic heterocycles. The highest BCUT2D eigenvalue weighted by Gasteiger charge is 2.11. The zero-order chi connectivity index (χ0) is 23.4. The first-order valence-corrected chi connectivity index (χ1v) is 10.4. The molecule has 0 unspecified atom stereocenters. The summed E-state index contributed by atoms with van der Waals surface area (Å²) in [6.45, 7) is -0.0695. The van der Waals surface area contributed by atoms with Gasteiger partial charge in [0.15, 0.2) is 0 Å². The third-order valence-electron chi connectivity index (χ3n) is 4.59. The van der Waals surface area contributed by atoms with E-state index in [4.69, 9.17) is 36.8 Å². The number of ether oxygens (including phenoxy) is 1. The number of halogens is 2. The molecule has 2 aromatic heterocycles. The number of carbonyl (C=O) groups is 1. The van der Waals surface area contributed by atoms with Crippen molar-refractivity contribution in [1.29, 1.82) is 0 Å². The topological polar surface area (TPSA) is 95.7 Å². The van der Waals surface area contributed by atoms with Gasteiger partial charge in [0.25, 0.3) is 5.69 Å². The molecule has 7 nitrogen and oxygen atoms in total. The van der Waals surface area contributed by atoms with Crippen molar-refractivity contribution in [3.63, 3.8) is 0 Å². The van der Waals surface area contributed by atoms with Crippen LogP contribution in [0.3, 0.4) is 0 Å². The van der Waals surface area contributed by atoms with E-state index in [1.54, 1.807) is 54.6 Å². The van der Waals surface area contributed by atoms with Crippen LogP contribution >= 0.6 is 23.2 Å². The Kier molecular flexibility index (Phi) is 6.63. The van der Waals surface area contributed by atoms with Crippen LogP contribution in [0.2, 0.25) is 10.0 Å². The molecule has 33 heavy (non-hydrogen) atoms. The van der Waals surface area contributed by atoms with Crippen LogP contribution in [0.5, 0.6) is 0 Å². The molecule has 0 aliphatic carbocycles. The predicted molar refractivity (Wildman–Crippen MR) is 124 cm³/mol. The maximum absolute atomic E-state index is 12.0. The number of hydrogen-bond acceptors (Lipinski definition) is 6. The smallest absolute Gasteiger partial charge is 0.331 e. The molecule has 0 saturated carbocycles. The molecule has 0 aliphatic rings. The molecule has 2 aromatic carbocycles. The number of carbonyl (C=O) groups excluding carboxylic acids is 1. The molecule has 0 saturated heterocycles. The summed E-state index contributed by atoms with van der Waals surface area (Å²) < 4.78 is 16.5. The quantitative estimate of drug-likeness (QED) is 0.119. The van der Waals surface area contributed by atoms with E-state index in [9.17, 15) is 14.9 Å². The van der Waals surface area contributed by atoms with Crippen molar-refractivity contribution in [3.05, 3.63) is 104 Å². The Morgan fingerprint density at radius 3 is 2.45 bits per heavy atom. The average molecular weight is 484 g/mol. The minimum atomic E-state index is -0.578. The van der Waals surface area contributed by atoms with Gasteiger partial charge in [-0.2, -0.15) is 0 Å². The highest BCUT2D eigenvalue weighted by Crippen LogP contribution is 2.32. The van der Waals surface area contributed by atoms with Gasteiger partial charge in [-0.15, -0.1) is 0 Å². The molecule has 0 amide bonds. The molecule has 0 atom stereocenters. The Labute approximate surface area is 197 Å². The number of furan rings is 2. The number of rotatable bonds is 7. The second-order valence-electron chi connectivity index (χ2n) is 6.84. The lowest BCUT2D eigenvalue weighted by molar-refractivity contribution is -0.384. The number of nitro benzene ring substituents is 1. The SMILES string of the molecule is O=C(/C=C/c1ccc(-c2ccc(Cl)cc2Cl)o1)OCc1ccc(-c2ccc([N+](=O)[O-])cc2)o1. The Balaban J connectivity index is 1.33.